The molecule has 1 amide bonds. The van der Waals surface area contributed by atoms with Gasteiger partial charge in [-0.1, -0.05) is 33.8 Å². The monoisotopic (exact) mass is 413 g/mol. The van der Waals surface area contributed by atoms with E-state index in [1.807, 2.05) is 13.8 Å². The summed E-state index contributed by atoms with van der Waals surface area (Å²) in [5.41, 5.74) is 7.97. The summed E-state index contributed by atoms with van der Waals surface area (Å²) in [7, 11) is 1.47. The Morgan fingerprint density at radius 1 is 1.17 bits per heavy atom. The number of allylic oxidation sites excluding steroid dienone is 3. The Morgan fingerprint density at radius 3 is 2.57 bits per heavy atom. The summed E-state index contributed by atoms with van der Waals surface area (Å²) in [6.45, 7) is 8.97. The zero-order valence-corrected chi connectivity index (χ0v) is 19.4. The van der Waals surface area contributed by atoms with E-state index in [-0.39, 0.29) is 17.3 Å². The second-order valence-electron chi connectivity index (χ2n) is 11.6. The van der Waals surface area contributed by atoms with Crippen LogP contribution < -0.4 is 5.73 Å². The minimum absolute atomic E-state index is 0.170. The van der Waals surface area contributed by atoms with Gasteiger partial charge in [0.2, 0.25) is 5.91 Å². The first kappa shape index (κ1) is 21.6. The van der Waals surface area contributed by atoms with Crippen LogP contribution in [0.25, 0.3) is 0 Å². The molecular weight excluding hydrogens is 374 g/mol. The van der Waals surface area contributed by atoms with Crippen molar-refractivity contribution in [3.05, 3.63) is 23.3 Å². The highest BCUT2D eigenvalue weighted by atomic mass is 16.5. The van der Waals surface area contributed by atoms with Gasteiger partial charge in [0.05, 0.1) is 7.11 Å². The standard InChI is InChI=1S/C26H39NO3/c1-24(2,23(27)29)15-18-7-9-20-19-8-6-17-14-16(22(28)30-5)10-12-25(17,3)21(19)11-13-26(18,20)4/h6,14,18-21H,7-13,15H2,1-5H3,(H2,27,29)/t18?,19-,20-,21+,25-,26+/m0/s1. The van der Waals surface area contributed by atoms with Crippen LogP contribution in [0.5, 0.6) is 0 Å². The lowest BCUT2D eigenvalue weighted by Gasteiger charge is -2.57. The molecule has 2 N–H and O–H groups in total. The van der Waals surface area contributed by atoms with Crippen molar-refractivity contribution in [3.8, 4) is 0 Å². The zero-order chi connectivity index (χ0) is 21.9. The molecule has 0 heterocycles. The predicted octanol–water partition coefficient (Wildman–Crippen LogP) is 5.18. The van der Waals surface area contributed by atoms with Crippen molar-refractivity contribution in [2.24, 2.45) is 45.7 Å². The third-order valence-electron chi connectivity index (χ3n) is 9.84. The molecule has 0 aromatic carbocycles. The Bertz CT molecular complexity index is 809. The van der Waals surface area contributed by atoms with E-state index in [0.717, 1.165) is 37.2 Å². The van der Waals surface area contributed by atoms with Crippen LogP contribution in [0, 0.1) is 39.9 Å². The number of carbonyl (C=O) groups is 2. The number of carbonyl (C=O) groups excluding carboxylic acids is 2. The number of fused-ring (bicyclic) bond motifs is 5. The maximum atomic E-state index is 12.1. The van der Waals surface area contributed by atoms with E-state index in [0.29, 0.717) is 23.2 Å². The van der Waals surface area contributed by atoms with Gasteiger partial charge in [-0.2, -0.15) is 0 Å². The van der Waals surface area contributed by atoms with Crippen molar-refractivity contribution in [2.45, 2.75) is 79.1 Å². The number of primary amides is 1. The highest BCUT2D eigenvalue weighted by Crippen LogP contribution is 2.67. The lowest BCUT2D eigenvalue weighted by atomic mass is 9.47. The van der Waals surface area contributed by atoms with Gasteiger partial charge in [0.15, 0.2) is 0 Å². The fourth-order valence-corrected chi connectivity index (χ4v) is 7.78. The molecule has 4 heteroatoms. The quantitative estimate of drug-likeness (QED) is 0.646. The van der Waals surface area contributed by atoms with E-state index in [2.05, 4.69) is 26.0 Å². The summed E-state index contributed by atoms with van der Waals surface area (Å²) < 4.78 is 4.98. The third-order valence-corrected chi connectivity index (χ3v) is 9.84. The SMILES string of the molecule is COC(=O)C1=CC2=CC[C@@H]3[C@@H](CC[C@]4(C)C(CC(C)(C)C(N)=O)CC[C@@H]34)[C@@]2(C)CC1. The molecule has 0 aromatic heterocycles. The Kier molecular flexibility index (Phi) is 5.22. The number of hydrogen-bond acceptors (Lipinski definition) is 3. The van der Waals surface area contributed by atoms with E-state index >= 15 is 0 Å². The molecule has 4 rings (SSSR count). The van der Waals surface area contributed by atoms with Crippen LogP contribution in [-0.4, -0.2) is 19.0 Å². The maximum absolute atomic E-state index is 12.1. The topological polar surface area (TPSA) is 69.4 Å². The number of nitrogens with two attached hydrogens (primary N) is 1. The molecule has 2 saturated carbocycles. The van der Waals surface area contributed by atoms with Gasteiger partial charge in [-0.25, -0.2) is 4.79 Å². The molecule has 0 spiro atoms. The Hall–Kier alpha value is -1.58. The highest BCUT2D eigenvalue weighted by Gasteiger charge is 2.58. The fraction of sp³-hybridized carbons (Fsp3) is 0.769. The molecule has 4 nitrogen and oxygen atoms in total. The first-order valence-electron chi connectivity index (χ1n) is 11.8. The number of rotatable bonds is 4. The summed E-state index contributed by atoms with van der Waals surface area (Å²) in [4.78, 5) is 24.0. The van der Waals surface area contributed by atoms with Crippen molar-refractivity contribution >= 4 is 11.9 Å². The van der Waals surface area contributed by atoms with Gasteiger partial charge in [-0.15, -0.1) is 0 Å². The summed E-state index contributed by atoms with van der Waals surface area (Å²) in [5, 5.41) is 0. The minimum atomic E-state index is -0.427. The van der Waals surface area contributed by atoms with Crippen LogP contribution in [0.15, 0.2) is 23.3 Å². The van der Waals surface area contributed by atoms with E-state index < -0.39 is 5.41 Å². The molecule has 0 bridgehead atoms. The number of methoxy groups -OCH3 is 1. The van der Waals surface area contributed by atoms with E-state index in [9.17, 15) is 9.59 Å². The summed E-state index contributed by atoms with van der Waals surface area (Å²) in [6, 6.07) is 0. The van der Waals surface area contributed by atoms with E-state index in [1.54, 1.807) is 0 Å². The second kappa shape index (κ2) is 7.24. The third kappa shape index (κ3) is 3.17. The lowest BCUT2D eigenvalue weighted by Crippen LogP contribution is -2.50. The van der Waals surface area contributed by atoms with Crippen molar-refractivity contribution < 1.29 is 14.3 Å². The number of esters is 1. The molecule has 166 valence electrons. The fourth-order valence-electron chi connectivity index (χ4n) is 7.78. The summed E-state index contributed by atoms with van der Waals surface area (Å²) in [5.74, 6) is 2.37. The molecule has 0 aliphatic heterocycles. The largest absolute Gasteiger partial charge is 0.466 e. The number of amides is 1. The maximum Gasteiger partial charge on any atom is 0.333 e. The molecule has 0 saturated heterocycles. The molecule has 30 heavy (non-hydrogen) atoms. The Labute approximate surface area is 181 Å². The molecule has 6 atom stereocenters. The van der Waals surface area contributed by atoms with Crippen LogP contribution in [0.2, 0.25) is 0 Å². The van der Waals surface area contributed by atoms with E-state index in [1.165, 1.54) is 38.4 Å². The average Bonchev–Trinajstić information content (AvgIpc) is 3.02. The van der Waals surface area contributed by atoms with Gasteiger partial charge in [0.1, 0.15) is 0 Å². The minimum Gasteiger partial charge on any atom is -0.466 e. The van der Waals surface area contributed by atoms with Crippen molar-refractivity contribution in [3.63, 3.8) is 0 Å². The first-order valence-corrected chi connectivity index (χ1v) is 11.8. The molecule has 4 aliphatic rings. The van der Waals surface area contributed by atoms with Crippen LogP contribution in [0.3, 0.4) is 0 Å². The number of ether oxygens (including phenoxy) is 1. The highest BCUT2D eigenvalue weighted by molar-refractivity contribution is 5.89. The van der Waals surface area contributed by atoms with Gasteiger partial charge in [0, 0.05) is 11.0 Å². The molecule has 0 radical (unpaired) electrons. The molecular formula is C26H39NO3. The summed E-state index contributed by atoms with van der Waals surface area (Å²) in [6.07, 6.45) is 13.4. The molecule has 1 unspecified atom stereocenters. The summed E-state index contributed by atoms with van der Waals surface area (Å²) >= 11 is 0. The van der Waals surface area contributed by atoms with Gasteiger partial charge in [-0.3, -0.25) is 4.79 Å². The van der Waals surface area contributed by atoms with Crippen LogP contribution in [-0.2, 0) is 14.3 Å². The predicted molar refractivity (Wildman–Crippen MR) is 118 cm³/mol. The Morgan fingerprint density at radius 2 is 1.90 bits per heavy atom. The number of hydrogen-bond donors (Lipinski definition) is 1. The lowest BCUT2D eigenvalue weighted by molar-refractivity contribution is -0.136. The first-order chi connectivity index (χ1) is 14.0. The van der Waals surface area contributed by atoms with Crippen molar-refractivity contribution in [1.82, 2.24) is 0 Å². The van der Waals surface area contributed by atoms with Crippen LogP contribution in [0.4, 0.5) is 0 Å². The normalized spacial score (nSPS) is 40.4. The molecule has 4 aliphatic carbocycles. The van der Waals surface area contributed by atoms with Gasteiger partial charge in [-0.05, 0) is 97.5 Å². The zero-order valence-electron chi connectivity index (χ0n) is 19.4. The van der Waals surface area contributed by atoms with Crippen molar-refractivity contribution in [1.29, 1.82) is 0 Å². The van der Waals surface area contributed by atoms with Gasteiger partial charge >= 0.3 is 5.97 Å². The van der Waals surface area contributed by atoms with E-state index in [4.69, 9.17) is 10.5 Å². The van der Waals surface area contributed by atoms with Gasteiger partial charge in [0.25, 0.3) is 0 Å². The Balaban J connectivity index is 1.59. The van der Waals surface area contributed by atoms with Gasteiger partial charge < -0.3 is 10.5 Å². The van der Waals surface area contributed by atoms with Crippen LogP contribution >= 0.6 is 0 Å². The van der Waals surface area contributed by atoms with Crippen molar-refractivity contribution in [2.75, 3.05) is 7.11 Å². The molecule has 2 fully saturated rings. The second-order valence-corrected chi connectivity index (χ2v) is 11.6. The molecule has 0 aromatic rings. The van der Waals surface area contributed by atoms with Crippen LogP contribution in [0.1, 0.15) is 79.1 Å². The smallest absolute Gasteiger partial charge is 0.333 e. The average molecular weight is 414 g/mol.